The van der Waals surface area contributed by atoms with Crippen molar-refractivity contribution in [1.29, 1.82) is 0 Å². The van der Waals surface area contributed by atoms with Gasteiger partial charge in [0.05, 0.1) is 23.6 Å². The summed E-state index contributed by atoms with van der Waals surface area (Å²) in [6, 6.07) is 11.9. The average molecular weight is 397 g/mol. The van der Waals surface area contributed by atoms with Crippen molar-refractivity contribution in [2.45, 2.75) is 13.5 Å². The first kappa shape index (κ1) is 18.4. The van der Waals surface area contributed by atoms with E-state index in [9.17, 15) is 9.18 Å². The lowest BCUT2D eigenvalue weighted by atomic mass is 10.00. The summed E-state index contributed by atoms with van der Waals surface area (Å²) < 4.78 is 16.5. The predicted molar refractivity (Wildman–Crippen MR) is 107 cm³/mol. The van der Waals surface area contributed by atoms with Crippen LogP contribution in [0.5, 0.6) is 0 Å². The molecule has 0 bridgehead atoms. The number of carbonyl (C=O) groups is 1. The molecular weight excluding hydrogens is 379 g/mol. The minimum atomic E-state index is -0.363. The summed E-state index contributed by atoms with van der Waals surface area (Å²) in [5.74, 6) is 0.101. The highest BCUT2D eigenvalue weighted by Crippen LogP contribution is 2.31. The number of hydrogen-bond donors (Lipinski definition) is 0. The molecule has 0 radical (unpaired) electrons. The number of hydrogen-bond acceptors (Lipinski definition) is 3. The topological polar surface area (TPSA) is 50.5 Å². The molecule has 1 aromatic heterocycles. The molecule has 7 heteroatoms. The minimum Gasteiger partial charge on any atom is -0.343 e. The monoisotopic (exact) mass is 396 g/mol. The maximum absolute atomic E-state index is 14.6. The van der Waals surface area contributed by atoms with Gasteiger partial charge >= 0.3 is 0 Å². The van der Waals surface area contributed by atoms with Gasteiger partial charge in [-0.05, 0) is 37.3 Å². The number of rotatable bonds is 2. The Balaban J connectivity index is 2.01. The van der Waals surface area contributed by atoms with E-state index in [2.05, 4.69) is 9.98 Å². The van der Waals surface area contributed by atoms with Crippen LogP contribution in [0, 0.1) is 12.7 Å². The molecule has 0 saturated carbocycles. The number of halogens is 2. The van der Waals surface area contributed by atoms with Crippen LogP contribution in [0.15, 0.2) is 47.5 Å². The van der Waals surface area contributed by atoms with E-state index in [-0.39, 0.29) is 18.3 Å². The molecule has 5 nitrogen and oxygen atoms in total. The van der Waals surface area contributed by atoms with Gasteiger partial charge in [-0.1, -0.05) is 23.7 Å². The lowest BCUT2D eigenvalue weighted by Crippen LogP contribution is -2.23. The second kappa shape index (κ2) is 6.87. The molecule has 2 heterocycles. The Bertz CT molecular complexity index is 1130. The number of imidazole rings is 1. The first-order valence-electron chi connectivity index (χ1n) is 8.78. The van der Waals surface area contributed by atoms with Crippen LogP contribution >= 0.6 is 11.6 Å². The SMILES string of the molecule is Cc1nc(C(=O)N(C)C)c2n1-c1ccc(Cl)cc1C(c1ccccc1F)=NC2. The summed E-state index contributed by atoms with van der Waals surface area (Å²) in [4.78, 5) is 23.3. The first-order chi connectivity index (χ1) is 13.4. The maximum atomic E-state index is 14.6. The first-order valence-corrected chi connectivity index (χ1v) is 9.15. The van der Waals surface area contributed by atoms with Gasteiger partial charge in [0.2, 0.25) is 0 Å². The third-order valence-corrected chi connectivity index (χ3v) is 4.95. The van der Waals surface area contributed by atoms with Gasteiger partial charge in [0.25, 0.3) is 5.91 Å². The minimum absolute atomic E-state index is 0.197. The Labute approximate surface area is 167 Å². The highest BCUT2D eigenvalue weighted by molar-refractivity contribution is 6.31. The summed E-state index contributed by atoms with van der Waals surface area (Å²) in [6.45, 7) is 2.04. The standard InChI is InChI=1S/C21H18ClFN4O/c1-12-25-20(21(28)26(2)3)18-11-24-19(14-6-4-5-7-16(14)23)15-10-13(22)8-9-17(15)27(12)18/h4-10H,11H2,1-3H3. The largest absolute Gasteiger partial charge is 0.343 e. The van der Waals surface area contributed by atoms with Gasteiger partial charge in [0.1, 0.15) is 11.6 Å². The molecule has 0 unspecified atom stereocenters. The van der Waals surface area contributed by atoms with Crippen molar-refractivity contribution in [2.24, 2.45) is 4.99 Å². The molecule has 1 amide bonds. The summed E-state index contributed by atoms with van der Waals surface area (Å²) in [6.07, 6.45) is 0. The summed E-state index contributed by atoms with van der Waals surface area (Å²) in [7, 11) is 3.36. The predicted octanol–water partition coefficient (Wildman–Crippen LogP) is 4.03. The number of nitrogens with zero attached hydrogens (tertiary/aromatic N) is 4. The van der Waals surface area contributed by atoms with Crippen molar-refractivity contribution in [3.05, 3.63) is 81.6 Å². The molecule has 0 aliphatic carbocycles. The Morgan fingerprint density at radius 3 is 2.64 bits per heavy atom. The third kappa shape index (κ3) is 2.90. The van der Waals surface area contributed by atoms with Crippen LogP contribution in [0.3, 0.4) is 0 Å². The fourth-order valence-electron chi connectivity index (χ4n) is 3.44. The van der Waals surface area contributed by atoms with Crippen LogP contribution in [0.4, 0.5) is 4.39 Å². The van der Waals surface area contributed by atoms with E-state index in [4.69, 9.17) is 11.6 Å². The van der Waals surface area contributed by atoms with Gasteiger partial charge in [-0.3, -0.25) is 14.4 Å². The van der Waals surface area contributed by atoms with E-state index in [0.29, 0.717) is 39.1 Å². The van der Waals surface area contributed by atoms with Crippen LogP contribution in [-0.4, -0.2) is 40.2 Å². The molecule has 1 aliphatic heterocycles. The highest BCUT2D eigenvalue weighted by Gasteiger charge is 2.28. The van der Waals surface area contributed by atoms with Crippen molar-refractivity contribution in [3.63, 3.8) is 0 Å². The van der Waals surface area contributed by atoms with Crippen LogP contribution in [0.25, 0.3) is 5.69 Å². The molecule has 2 aromatic carbocycles. The Kier molecular flexibility index (Phi) is 4.51. The zero-order chi connectivity index (χ0) is 20.0. The summed E-state index contributed by atoms with van der Waals surface area (Å²) >= 11 is 6.25. The molecular formula is C21H18ClFN4O. The van der Waals surface area contributed by atoms with Crippen LogP contribution in [-0.2, 0) is 6.54 Å². The second-order valence-corrected chi connectivity index (χ2v) is 7.23. The molecule has 142 valence electrons. The molecule has 28 heavy (non-hydrogen) atoms. The van der Waals surface area contributed by atoms with Crippen molar-refractivity contribution < 1.29 is 9.18 Å². The molecule has 0 spiro atoms. The highest BCUT2D eigenvalue weighted by atomic mass is 35.5. The van der Waals surface area contributed by atoms with Crippen LogP contribution < -0.4 is 0 Å². The van der Waals surface area contributed by atoms with E-state index >= 15 is 0 Å². The fourth-order valence-corrected chi connectivity index (χ4v) is 3.61. The van der Waals surface area contributed by atoms with Crippen molar-refractivity contribution in [3.8, 4) is 5.69 Å². The fraction of sp³-hybridized carbons (Fsp3) is 0.190. The normalized spacial score (nSPS) is 12.7. The van der Waals surface area contributed by atoms with Crippen LogP contribution in [0.1, 0.15) is 33.1 Å². The Hall–Kier alpha value is -2.99. The van der Waals surface area contributed by atoms with Crippen molar-refractivity contribution in [2.75, 3.05) is 14.1 Å². The van der Waals surface area contributed by atoms with Gasteiger partial charge < -0.3 is 4.90 Å². The van der Waals surface area contributed by atoms with Crippen molar-refractivity contribution >= 4 is 23.2 Å². The van der Waals surface area contributed by atoms with Crippen LogP contribution in [0.2, 0.25) is 5.02 Å². The molecule has 1 aliphatic rings. The van der Waals surface area contributed by atoms with E-state index in [1.165, 1.54) is 11.0 Å². The van der Waals surface area contributed by atoms with E-state index in [1.54, 1.807) is 44.4 Å². The smallest absolute Gasteiger partial charge is 0.273 e. The number of fused-ring (bicyclic) bond motifs is 3. The van der Waals surface area contributed by atoms with E-state index < -0.39 is 0 Å². The Morgan fingerprint density at radius 1 is 1.18 bits per heavy atom. The van der Waals surface area contributed by atoms with E-state index in [0.717, 1.165) is 5.69 Å². The number of aromatic nitrogens is 2. The molecule has 3 aromatic rings. The van der Waals surface area contributed by atoms with E-state index in [1.807, 2.05) is 17.6 Å². The van der Waals surface area contributed by atoms with Gasteiger partial charge in [0.15, 0.2) is 5.69 Å². The van der Waals surface area contributed by atoms with Gasteiger partial charge in [-0.25, -0.2) is 9.37 Å². The lowest BCUT2D eigenvalue weighted by molar-refractivity contribution is 0.0821. The number of carbonyl (C=O) groups excluding carboxylic acids is 1. The second-order valence-electron chi connectivity index (χ2n) is 6.80. The number of aryl methyl sites for hydroxylation is 1. The zero-order valence-electron chi connectivity index (χ0n) is 15.7. The average Bonchev–Trinajstić information content (AvgIpc) is 2.89. The van der Waals surface area contributed by atoms with Gasteiger partial charge in [-0.2, -0.15) is 0 Å². The van der Waals surface area contributed by atoms with Gasteiger partial charge in [0, 0.05) is 30.2 Å². The molecule has 0 saturated heterocycles. The Morgan fingerprint density at radius 2 is 1.93 bits per heavy atom. The lowest BCUT2D eigenvalue weighted by Gasteiger charge is -2.14. The van der Waals surface area contributed by atoms with Crippen molar-refractivity contribution in [1.82, 2.24) is 14.5 Å². The maximum Gasteiger partial charge on any atom is 0.273 e. The number of aliphatic imine (C=N–C) groups is 1. The molecule has 4 rings (SSSR count). The quantitative estimate of drug-likeness (QED) is 0.656. The molecule has 0 fully saturated rings. The zero-order valence-corrected chi connectivity index (χ0v) is 16.5. The summed E-state index contributed by atoms with van der Waals surface area (Å²) in [5.41, 5.74) is 3.38. The number of benzene rings is 2. The third-order valence-electron chi connectivity index (χ3n) is 4.72. The summed E-state index contributed by atoms with van der Waals surface area (Å²) in [5, 5.41) is 0.522. The number of amides is 1. The molecule has 0 N–H and O–H groups in total. The molecule has 0 atom stereocenters. The van der Waals surface area contributed by atoms with Gasteiger partial charge in [-0.15, -0.1) is 0 Å².